The summed E-state index contributed by atoms with van der Waals surface area (Å²) in [4.78, 5) is 0. The molecule has 0 saturated carbocycles. The van der Waals surface area contributed by atoms with E-state index in [9.17, 15) is 13.2 Å². The van der Waals surface area contributed by atoms with Crippen LogP contribution >= 0.6 is 12.2 Å². The zero-order chi connectivity index (χ0) is 17.6. The lowest BCUT2D eigenvalue weighted by molar-refractivity contribution is -0.136. The Labute approximate surface area is 145 Å². The SMILES string of the molecule is CCCCc1ccc(NC(=S)Nc2ccccc2C(F)(F)F)cc1. The molecule has 0 saturated heterocycles. The van der Waals surface area contributed by atoms with Gasteiger partial charge < -0.3 is 10.6 Å². The summed E-state index contributed by atoms with van der Waals surface area (Å²) in [6.45, 7) is 2.14. The lowest BCUT2D eigenvalue weighted by Crippen LogP contribution is -2.21. The number of anilines is 2. The zero-order valence-corrected chi connectivity index (χ0v) is 14.1. The standard InChI is InChI=1S/C18H19F3N2S/c1-2-3-6-13-9-11-14(12-10-13)22-17(24)23-16-8-5-4-7-15(16)18(19,20)21/h4-5,7-12H,2-3,6H2,1H3,(H2,22,23,24). The first-order valence-corrected chi connectivity index (χ1v) is 8.14. The molecule has 0 fully saturated rings. The number of halogens is 3. The van der Waals surface area contributed by atoms with E-state index in [1.807, 2.05) is 24.3 Å². The molecular formula is C18H19F3N2S. The van der Waals surface area contributed by atoms with Gasteiger partial charge in [-0.3, -0.25) is 0 Å². The van der Waals surface area contributed by atoms with E-state index in [1.165, 1.54) is 23.8 Å². The summed E-state index contributed by atoms with van der Waals surface area (Å²) in [6, 6.07) is 13.0. The van der Waals surface area contributed by atoms with Crippen molar-refractivity contribution in [1.29, 1.82) is 0 Å². The van der Waals surface area contributed by atoms with E-state index < -0.39 is 11.7 Å². The Morgan fingerprint density at radius 1 is 1.00 bits per heavy atom. The minimum atomic E-state index is -4.43. The molecule has 2 aromatic rings. The molecule has 2 aromatic carbocycles. The van der Waals surface area contributed by atoms with Crippen molar-refractivity contribution in [2.24, 2.45) is 0 Å². The smallest absolute Gasteiger partial charge is 0.332 e. The Morgan fingerprint density at radius 3 is 2.29 bits per heavy atom. The minimum Gasteiger partial charge on any atom is -0.332 e. The maximum Gasteiger partial charge on any atom is 0.418 e. The first-order valence-electron chi connectivity index (χ1n) is 7.73. The highest BCUT2D eigenvalue weighted by Crippen LogP contribution is 2.34. The monoisotopic (exact) mass is 352 g/mol. The van der Waals surface area contributed by atoms with E-state index in [1.54, 1.807) is 0 Å². The summed E-state index contributed by atoms with van der Waals surface area (Å²) in [5.41, 5.74) is 1.15. The van der Waals surface area contributed by atoms with Crippen LogP contribution in [0.25, 0.3) is 0 Å². The number of hydrogen-bond acceptors (Lipinski definition) is 1. The number of alkyl halides is 3. The van der Waals surface area contributed by atoms with Crippen LogP contribution in [-0.4, -0.2) is 5.11 Å². The molecule has 0 amide bonds. The highest BCUT2D eigenvalue weighted by Gasteiger charge is 2.33. The van der Waals surface area contributed by atoms with Crippen LogP contribution in [0.4, 0.5) is 24.5 Å². The molecule has 0 aliphatic rings. The lowest BCUT2D eigenvalue weighted by atomic mass is 10.1. The molecule has 2 nitrogen and oxygen atoms in total. The number of aryl methyl sites for hydroxylation is 1. The van der Waals surface area contributed by atoms with Gasteiger partial charge in [0.25, 0.3) is 0 Å². The Bertz CT molecular complexity index is 681. The van der Waals surface area contributed by atoms with Gasteiger partial charge in [0.15, 0.2) is 5.11 Å². The van der Waals surface area contributed by atoms with Crippen molar-refractivity contribution >= 4 is 28.7 Å². The fourth-order valence-corrected chi connectivity index (χ4v) is 2.49. The van der Waals surface area contributed by atoms with Gasteiger partial charge in [-0.15, -0.1) is 0 Å². The van der Waals surface area contributed by atoms with Crippen LogP contribution in [0.3, 0.4) is 0 Å². The summed E-state index contributed by atoms with van der Waals surface area (Å²) in [5.74, 6) is 0. The third-order valence-electron chi connectivity index (χ3n) is 3.51. The first-order chi connectivity index (χ1) is 11.4. The number of para-hydroxylation sites is 1. The molecule has 0 spiro atoms. The van der Waals surface area contributed by atoms with E-state index in [4.69, 9.17) is 12.2 Å². The maximum absolute atomic E-state index is 13.0. The van der Waals surface area contributed by atoms with Gasteiger partial charge in [-0.25, -0.2) is 0 Å². The molecule has 6 heteroatoms. The molecule has 24 heavy (non-hydrogen) atoms. The molecule has 2 N–H and O–H groups in total. The van der Waals surface area contributed by atoms with Gasteiger partial charge in [0.2, 0.25) is 0 Å². The number of nitrogens with one attached hydrogen (secondary N) is 2. The van der Waals surface area contributed by atoms with Gasteiger partial charge in [-0.1, -0.05) is 37.6 Å². The molecule has 2 rings (SSSR count). The average molecular weight is 352 g/mol. The number of rotatable bonds is 5. The van der Waals surface area contributed by atoms with Crippen molar-refractivity contribution in [2.75, 3.05) is 10.6 Å². The minimum absolute atomic E-state index is 0.0675. The van der Waals surface area contributed by atoms with Crippen molar-refractivity contribution in [3.63, 3.8) is 0 Å². The van der Waals surface area contributed by atoms with Crippen molar-refractivity contribution in [3.8, 4) is 0 Å². The third kappa shape index (κ3) is 5.23. The summed E-state index contributed by atoms with van der Waals surface area (Å²) in [6.07, 6.45) is -1.16. The largest absolute Gasteiger partial charge is 0.418 e. The summed E-state index contributed by atoms with van der Waals surface area (Å²) < 4.78 is 38.9. The molecule has 0 bridgehead atoms. The van der Waals surface area contributed by atoms with Crippen LogP contribution in [0.1, 0.15) is 30.9 Å². The Morgan fingerprint density at radius 2 is 1.67 bits per heavy atom. The third-order valence-corrected chi connectivity index (χ3v) is 3.72. The van der Waals surface area contributed by atoms with Gasteiger partial charge >= 0.3 is 6.18 Å². The number of thiocarbonyl (C=S) groups is 1. The topological polar surface area (TPSA) is 24.1 Å². The van der Waals surface area contributed by atoms with Crippen molar-refractivity contribution in [2.45, 2.75) is 32.4 Å². The van der Waals surface area contributed by atoms with Gasteiger partial charge in [-0.05, 0) is 54.9 Å². The lowest BCUT2D eigenvalue weighted by Gasteiger charge is -2.16. The van der Waals surface area contributed by atoms with E-state index in [-0.39, 0.29) is 10.8 Å². The molecule has 0 unspecified atom stereocenters. The van der Waals surface area contributed by atoms with Crippen LogP contribution < -0.4 is 10.6 Å². The molecule has 0 aliphatic heterocycles. The average Bonchev–Trinajstić information content (AvgIpc) is 2.53. The molecule has 128 valence electrons. The number of unbranched alkanes of at least 4 members (excludes halogenated alkanes) is 1. The fourth-order valence-electron chi connectivity index (χ4n) is 2.26. The normalized spacial score (nSPS) is 11.2. The number of hydrogen-bond donors (Lipinski definition) is 2. The summed E-state index contributed by atoms with van der Waals surface area (Å²) in [5, 5.41) is 5.64. The predicted molar refractivity (Wildman–Crippen MR) is 96.3 cm³/mol. The van der Waals surface area contributed by atoms with E-state index in [2.05, 4.69) is 17.6 Å². The van der Waals surface area contributed by atoms with Gasteiger partial charge in [0.1, 0.15) is 0 Å². The van der Waals surface area contributed by atoms with Crippen molar-refractivity contribution in [3.05, 3.63) is 59.7 Å². The van der Waals surface area contributed by atoms with E-state index >= 15 is 0 Å². The van der Waals surface area contributed by atoms with Gasteiger partial charge in [0, 0.05) is 5.69 Å². The molecule has 0 atom stereocenters. The maximum atomic E-state index is 13.0. The predicted octanol–water partition coefficient (Wildman–Crippen LogP) is 5.86. The molecular weight excluding hydrogens is 333 g/mol. The fraction of sp³-hybridized carbons (Fsp3) is 0.278. The zero-order valence-electron chi connectivity index (χ0n) is 13.3. The van der Waals surface area contributed by atoms with Crippen LogP contribution in [0, 0.1) is 0 Å². The number of benzene rings is 2. The second-order valence-corrected chi connectivity index (χ2v) is 5.83. The Hall–Kier alpha value is -2.08. The highest BCUT2D eigenvalue weighted by atomic mass is 32.1. The molecule has 0 aromatic heterocycles. The molecule has 0 heterocycles. The van der Waals surface area contributed by atoms with Crippen LogP contribution in [0.5, 0.6) is 0 Å². The summed E-state index contributed by atoms with van der Waals surface area (Å²) in [7, 11) is 0. The quantitative estimate of drug-likeness (QED) is 0.659. The second-order valence-electron chi connectivity index (χ2n) is 5.42. The van der Waals surface area contributed by atoms with Crippen LogP contribution in [-0.2, 0) is 12.6 Å². The van der Waals surface area contributed by atoms with Crippen molar-refractivity contribution < 1.29 is 13.2 Å². The molecule has 0 aliphatic carbocycles. The Kier molecular flexibility index (Phi) is 6.20. The van der Waals surface area contributed by atoms with E-state index in [0.717, 1.165) is 31.0 Å². The van der Waals surface area contributed by atoms with Crippen LogP contribution in [0.15, 0.2) is 48.5 Å². The Balaban J connectivity index is 2.01. The first kappa shape index (κ1) is 18.3. The second kappa shape index (κ2) is 8.15. The van der Waals surface area contributed by atoms with E-state index in [0.29, 0.717) is 0 Å². The summed E-state index contributed by atoms with van der Waals surface area (Å²) >= 11 is 5.11. The van der Waals surface area contributed by atoms with Crippen molar-refractivity contribution in [1.82, 2.24) is 0 Å². The highest BCUT2D eigenvalue weighted by molar-refractivity contribution is 7.80. The van der Waals surface area contributed by atoms with Crippen LogP contribution in [0.2, 0.25) is 0 Å². The van der Waals surface area contributed by atoms with Gasteiger partial charge in [-0.2, -0.15) is 13.2 Å². The molecule has 0 radical (unpaired) electrons. The van der Waals surface area contributed by atoms with Gasteiger partial charge in [0.05, 0.1) is 11.3 Å².